The van der Waals surface area contributed by atoms with E-state index in [0.29, 0.717) is 0 Å². The smallest absolute Gasteiger partial charge is 0.0664 e. The van der Waals surface area contributed by atoms with Crippen molar-refractivity contribution in [3.8, 4) is 0 Å². The van der Waals surface area contributed by atoms with Crippen LogP contribution in [0.4, 0.5) is 0 Å². The van der Waals surface area contributed by atoms with Gasteiger partial charge in [-0.2, -0.15) is 0 Å². The minimum Gasteiger partial charge on any atom is -0.304 e. The van der Waals surface area contributed by atoms with Crippen molar-refractivity contribution in [2.75, 3.05) is 0 Å². The van der Waals surface area contributed by atoms with Gasteiger partial charge in [0, 0.05) is 31.7 Å². The predicted molar refractivity (Wildman–Crippen MR) is 106 cm³/mol. The molecule has 24 heavy (non-hydrogen) atoms. The minimum atomic E-state index is -1.36. The number of halogens is 1. The largest absolute Gasteiger partial charge is 0.304 e. The fourth-order valence-corrected chi connectivity index (χ4v) is 11.1. The van der Waals surface area contributed by atoms with Gasteiger partial charge in [0.25, 0.3) is 0 Å². The third-order valence-electron chi connectivity index (χ3n) is 6.20. The quantitative estimate of drug-likeness (QED) is 0.263. The van der Waals surface area contributed by atoms with E-state index >= 15 is 0 Å². The van der Waals surface area contributed by atoms with Crippen LogP contribution in [0.5, 0.6) is 0 Å². The molecule has 2 fully saturated rings. The van der Waals surface area contributed by atoms with Gasteiger partial charge in [-0.1, -0.05) is 45.8 Å². The normalized spacial score (nSPS) is 20.3. The summed E-state index contributed by atoms with van der Waals surface area (Å²) < 4.78 is 0. The molecule has 1 aromatic carbocycles. The van der Waals surface area contributed by atoms with Crippen LogP contribution < -0.4 is 5.30 Å². The Morgan fingerprint density at radius 1 is 0.875 bits per heavy atom. The van der Waals surface area contributed by atoms with Crippen molar-refractivity contribution < 1.29 is 20.4 Å². The maximum absolute atomic E-state index is 6.67. The van der Waals surface area contributed by atoms with E-state index in [1.165, 1.54) is 56.9 Å². The first-order chi connectivity index (χ1) is 11.0. The average Bonchev–Trinajstić information content (AvgIpc) is 3.22. The summed E-state index contributed by atoms with van der Waals surface area (Å²) in [6, 6.07) is 9.61. The molecule has 1 aromatic rings. The van der Waals surface area contributed by atoms with Crippen molar-refractivity contribution in [3.05, 3.63) is 35.5 Å². The maximum atomic E-state index is 6.67. The van der Waals surface area contributed by atoms with Crippen molar-refractivity contribution in [1.82, 2.24) is 0 Å². The summed E-state index contributed by atoms with van der Waals surface area (Å²) in [4.78, 5) is 0. The van der Waals surface area contributed by atoms with Gasteiger partial charge in [-0.3, -0.25) is 0 Å². The van der Waals surface area contributed by atoms with Crippen LogP contribution in [-0.4, -0.2) is 11.3 Å². The van der Waals surface area contributed by atoms with E-state index in [1.807, 2.05) is 0 Å². The summed E-state index contributed by atoms with van der Waals surface area (Å²) in [6.45, 7) is 6.89. The molecule has 3 rings (SSSR count). The van der Waals surface area contributed by atoms with Crippen LogP contribution in [0.2, 0.25) is 0 Å². The van der Waals surface area contributed by atoms with Crippen LogP contribution in [0.3, 0.4) is 0 Å². The van der Waals surface area contributed by atoms with Crippen LogP contribution in [0, 0.1) is 5.62 Å². The zero-order chi connectivity index (χ0) is 16.5. The molecule has 0 heterocycles. The van der Waals surface area contributed by atoms with E-state index in [9.17, 15) is 0 Å². The fraction of sp³-hybridized carbons (Fsp3) is 0.667. The number of hydrogen-bond acceptors (Lipinski definition) is 0. The van der Waals surface area contributed by atoms with Gasteiger partial charge in [0.15, 0.2) is 0 Å². The average molecular weight is 457 g/mol. The summed E-state index contributed by atoms with van der Waals surface area (Å²) >= 11 is 6.67. The van der Waals surface area contributed by atoms with Gasteiger partial charge in [0.05, 0.1) is 5.30 Å². The van der Waals surface area contributed by atoms with Gasteiger partial charge in [0.2, 0.25) is 0 Å². The van der Waals surface area contributed by atoms with Gasteiger partial charge < -0.3 is 11.6 Å². The second kappa shape index (κ2) is 8.53. The molecule has 0 unspecified atom stereocenters. The summed E-state index contributed by atoms with van der Waals surface area (Å²) in [5.74, 6) is 0. The standard InChI is InChI=1S/C21H32ClP.Pd/c1-21(2,3)17-12-14-20(15-13-17)23(16-22,18-8-4-5-9-18)19-10-6-7-11-19;/h12-16,18-19H,4-11H2,1-3H3;. The molecule has 0 radical (unpaired) electrons. The summed E-state index contributed by atoms with van der Waals surface area (Å²) in [5, 5.41) is 1.58. The molecular formula is C21H32ClPPd. The van der Waals surface area contributed by atoms with Gasteiger partial charge >= 0.3 is 0 Å². The van der Waals surface area contributed by atoms with Crippen molar-refractivity contribution in [1.29, 1.82) is 0 Å². The number of benzene rings is 1. The Hall–Kier alpha value is 0.602. The predicted octanol–water partition coefficient (Wildman–Crippen LogP) is 6.87. The van der Waals surface area contributed by atoms with Gasteiger partial charge in [0.1, 0.15) is 0 Å². The first kappa shape index (κ1) is 20.9. The molecule has 2 aliphatic rings. The van der Waals surface area contributed by atoms with E-state index in [4.69, 9.17) is 11.6 Å². The van der Waals surface area contributed by atoms with Crippen molar-refractivity contribution in [2.45, 2.75) is 88.9 Å². The van der Waals surface area contributed by atoms with E-state index < -0.39 is 7.26 Å². The van der Waals surface area contributed by atoms with Crippen LogP contribution >= 0.6 is 18.9 Å². The van der Waals surface area contributed by atoms with Crippen molar-refractivity contribution in [2.24, 2.45) is 0 Å². The van der Waals surface area contributed by atoms with Crippen LogP contribution in [0.25, 0.3) is 0 Å². The summed E-state index contributed by atoms with van der Waals surface area (Å²) in [6.07, 6.45) is 11.2. The molecule has 0 spiro atoms. The zero-order valence-electron chi connectivity index (χ0n) is 15.3. The molecule has 0 bridgehead atoms. The monoisotopic (exact) mass is 456 g/mol. The molecule has 138 valence electrons. The Morgan fingerprint density at radius 3 is 1.62 bits per heavy atom. The van der Waals surface area contributed by atoms with Gasteiger partial charge in [-0.25, -0.2) is 0 Å². The molecule has 3 heteroatoms. The topological polar surface area (TPSA) is 0 Å². The second-order valence-electron chi connectivity index (χ2n) is 8.61. The molecular weight excluding hydrogens is 425 g/mol. The molecule has 2 saturated carbocycles. The molecule has 0 saturated heterocycles. The van der Waals surface area contributed by atoms with E-state index in [2.05, 4.69) is 50.7 Å². The third kappa shape index (κ3) is 3.96. The molecule has 0 atom stereocenters. The minimum absolute atomic E-state index is 0. The van der Waals surface area contributed by atoms with Crippen molar-refractivity contribution >= 4 is 24.2 Å². The fourth-order valence-electron chi connectivity index (χ4n) is 4.82. The summed E-state index contributed by atoms with van der Waals surface area (Å²) in [5.41, 5.74) is 5.55. The van der Waals surface area contributed by atoms with Gasteiger partial charge in [-0.15, -0.1) is 0 Å². The number of hydrogen-bond donors (Lipinski definition) is 0. The molecule has 0 nitrogen and oxygen atoms in total. The van der Waals surface area contributed by atoms with Crippen LogP contribution in [-0.2, 0) is 25.8 Å². The Morgan fingerprint density at radius 2 is 1.29 bits per heavy atom. The molecule has 2 aliphatic carbocycles. The van der Waals surface area contributed by atoms with E-state index in [1.54, 1.807) is 5.30 Å². The van der Waals surface area contributed by atoms with Gasteiger partial charge in [-0.05, 0) is 74.5 Å². The van der Waals surface area contributed by atoms with E-state index in [-0.39, 0.29) is 25.8 Å². The van der Waals surface area contributed by atoms with Crippen LogP contribution in [0.1, 0.15) is 77.7 Å². The summed E-state index contributed by atoms with van der Waals surface area (Å²) in [7, 11) is -1.36. The molecule has 0 amide bonds. The zero-order valence-corrected chi connectivity index (χ0v) is 18.5. The Kier molecular flexibility index (Phi) is 7.43. The molecule has 0 N–H and O–H groups in total. The van der Waals surface area contributed by atoms with Crippen LogP contribution in [0.15, 0.2) is 24.3 Å². The number of rotatable bonds is 4. The SMILES string of the molecule is CC(C)(C)c1ccc([P+]([CH-]Cl)(C2CCCC2)C2CCCC2)cc1.[Pd]. The third-order valence-corrected chi connectivity index (χ3v) is 12.1. The van der Waals surface area contributed by atoms with E-state index in [0.717, 1.165) is 11.3 Å². The Labute approximate surface area is 168 Å². The van der Waals surface area contributed by atoms with Crippen molar-refractivity contribution in [3.63, 3.8) is 0 Å². The maximum Gasteiger partial charge on any atom is 0.0664 e. The first-order valence-corrected chi connectivity index (χ1v) is 11.9. The first-order valence-electron chi connectivity index (χ1n) is 9.42. The molecule has 0 aromatic heterocycles. The Bertz CT molecular complexity index is 492. The molecule has 0 aliphatic heterocycles. The Balaban J connectivity index is 0.00000208. The second-order valence-corrected chi connectivity index (χ2v) is 13.0.